The zero-order chi connectivity index (χ0) is 22.1. The third kappa shape index (κ3) is 3.48. The van der Waals surface area contributed by atoms with Crippen LogP contribution in [0, 0.1) is 0 Å². The Morgan fingerprint density at radius 2 is 1.75 bits per heavy atom. The Labute approximate surface area is 183 Å². The van der Waals surface area contributed by atoms with Crippen molar-refractivity contribution in [2.24, 2.45) is 16.2 Å². The minimum absolute atomic E-state index is 0.00207. The number of H-pyrrole nitrogens is 1. The zero-order valence-electron chi connectivity index (χ0n) is 17.2. The summed E-state index contributed by atoms with van der Waals surface area (Å²) < 4.78 is 0. The number of carbonyl (C=O) groups excluding carboxylic acids is 2. The molecule has 0 saturated carbocycles. The van der Waals surface area contributed by atoms with Gasteiger partial charge in [0.25, 0.3) is 11.8 Å². The maximum absolute atomic E-state index is 12.9. The Morgan fingerprint density at radius 3 is 2.50 bits per heavy atom. The molecule has 4 aromatic rings. The first-order valence-corrected chi connectivity index (χ1v) is 10.3. The summed E-state index contributed by atoms with van der Waals surface area (Å²) in [4.78, 5) is 34.8. The normalized spacial score (nSPS) is 14.4. The number of benzene rings is 2. The van der Waals surface area contributed by atoms with Crippen LogP contribution in [0.15, 0.2) is 65.2 Å². The van der Waals surface area contributed by atoms with Crippen LogP contribution in [0.2, 0.25) is 0 Å². The lowest BCUT2D eigenvalue weighted by Gasteiger charge is -2.27. The number of pyridine rings is 1. The van der Waals surface area contributed by atoms with Gasteiger partial charge in [0.15, 0.2) is 0 Å². The molecule has 4 N–H and O–H groups in total. The Kier molecular flexibility index (Phi) is 5.08. The van der Waals surface area contributed by atoms with Crippen LogP contribution in [0.1, 0.15) is 20.7 Å². The lowest BCUT2D eigenvalue weighted by atomic mass is 9.99. The van der Waals surface area contributed by atoms with Crippen molar-refractivity contribution in [1.29, 1.82) is 0 Å². The Morgan fingerprint density at radius 1 is 0.969 bits per heavy atom. The van der Waals surface area contributed by atoms with Crippen molar-refractivity contribution in [2.45, 2.75) is 0 Å². The lowest BCUT2D eigenvalue weighted by molar-refractivity contribution is 0.0735. The molecular formula is C23H21N7O2. The van der Waals surface area contributed by atoms with Gasteiger partial charge >= 0.3 is 0 Å². The van der Waals surface area contributed by atoms with E-state index in [9.17, 15) is 9.59 Å². The van der Waals surface area contributed by atoms with Gasteiger partial charge in [0.2, 0.25) is 0 Å². The van der Waals surface area contributed by atoms with Crippen LogP contribution in [0.5, 0.6) is 0 Å². The minimum atomic E-state index is -0.544. The molecule has 0 spiro atoms. The van der Waals surface area contributed by atoms with Gasteiger partial charge in [-0.15, -0.1) is 0 Å². The number of hydrogen-bond donors (Lipinski definition) is 3. The van der Waals surface area contributed by atoms with Gasteiger partial charge in [-0.2, -0.15) is 0 Å². The maximum atomic E-state index is 12.9. The molecular weight excluding hydrogens is 406 g/mol. The molecule has 0 radical (unpaired) electrons. The number of aromatic nitrogens is 2. The molecule has 1 fully saturated rings. The molecule has 0 bridgehead atoms. The second-order valence-electron chi connectivity index (χ2n) is 7.63. The monoisotopic (exact) mass is 427 g/mol. The topological polar surface area (TPSA) is 129 Å². The predicted molar refractivity (Wildman–Crippen MR) is 121 cm³/mol. The molecule has 5 rings (SSSR count). The van der Waals surface area contributed by atoms with Crippen LogP contribution >= 0.6 is 0 Å². The van der Waals surface area contributed by atoms with E-state index in [2.05, 4.69) is 25.6 Å². The van der Waals surface area contributed by atoms with E-state index < -0.39 is 5.91 Å². The van der Waals surface area contributed by atoms with Crippen LogP contribution in [-0.2, 0) is 0 Å². The van der Waals surface area contributed by atoms with Crippen molar-refractivity contribution in [3.8, 4) is 11.1 Å². The van der Waals surface area contributed by atoms with E-state index in [0.29, 0.717) is 29.7 Å². The van der Waals surface area contributed by atoms with Gasteiger partial charge in [0.05, 0.1) is 11.1 Å². The van der Waals surface area contributed by atoms with Crippen LogP contribution < -0.4 is 11.2 Å². The van der Waals surface area contributed by atoms with Gasteiger partial charge in [0, 0.05) is 60.4 Å². The summed E-state index contributed by atoms with van der Waals surface area (Å²) in [5, 5.41) is 11.7. The van der Waals surface area contributed by atoms with Crippen molar-refractivity contribution in [3.05, 3.63) is 66.0 Å². The van der Waals surface area contributed by atoms with Crippen LogP contribution in [0.4, 0.5) is 0 Å². The number of amides is 2. The summed E-state index contributed by atoms with van der Waals surface area (Å²) in [6.45, 7) is 2.95. The molecule has 0 unspecified atom stereocenters. The van der Waals surface area contributed by atoms with Crippen LogP contribution in [-0.4, -0.2) is 52.9 Å². The third-order valence-corrected chi connectivity index (χ3v) is 5.75. The Hall–Kier alpha value is -4.11. The van der Waals surface area contributed by atoms with Gasteiger partial charge in [-0.1, -0.05) is 16.4 Å². The molecule has 9 nitrogen and oxygen atoms in total. The second kappa shape index (κ2) is 8.20. The summed E-state index contributed by atoms with van der Waals surface area (Å²) >= 11 is 0. The molecule has 32 heavy (non-hydrogen) atoms. The molecule has 1 saturated heterocycles. The predicted octanol–water partition coefficient (Wildman–Crippen LogP) is 2.89. The summed E-state index contributed by atoms with van der Waals surface area (Å²) in [5.41, 5.74) is 4.12. The maximum Gasteiger partial charge on any atom is 0.299 e. The van der Waals surface area contributed by atoms with Crippen LogP contribution in [0.3, 0.4) is 0 Å². The molecule has 9 heteroatoms. The highest BCUT2D eigenvalue weighted by molar-refractivity contribution is 6.17. The first-order chi connectivity index (χ1) is 15.7. The Balaban J connectivity index is 1.67. The van der Waals surface area contributed by atoms with Crippen molar-refractivity contribution >= 4 is 33.6 Å². The van der Waals surface area contributed by atoms with Crippen molar-refractivity contribution in [2.75, 3.05) is 26.2 Å². The number of aromatic amines is 1. The van der Waals surface area contributed by atoms with Crippen molar-refractivity contribution in [3.63, 3.8) is 0 Å². The van der Waals surface area contributed by atoms with Gasteiger partial charge in [-0.3, -0.25) is 14.6 Å². The van der Waals surface area contributed by atoms with Gasteiger partial charge in [-0.25, -0.2) is 0 Å². The number of rotatable bonds is 3. The molecule has 3 heterocycles. The number of piperazine rings is 1. The minimum Gasteiger partial charge on any atom is -0.354 e. The van der Waals surface area contributed by atoms with E-state index in [0.717, 1.165) is 40.5 Å². The van der Waals surface area contributed by atoms with Crippen molar-refractivity contribution in [1.82, 2.24) is 20.2 Å². The fourth-order valence-corrected chi connectivity index (χ4v) is 4.18. The van der Waals surface area contributed by atoms with Gasteiger partial charge in [-0.05, 0) is 47.5 Å². The highest BCUT2D eigenvalue weighted by Crippen LogP contribution is 2.33. The molecule has 0 aliphatic carbocycles. The fraction of sp³-hybridized carbons (Fsp3) is 0.174. The number of nitrogens with two attached hydrogens (primary N) is 1. The first-order valence-electron chi connectivity index (χ1n) is 10.3. The SMILES string of the molecule is NN=NC(=O)c1cc(-c2ccncc2)cc2c1[nH]c1cc(C(=O)N3CCNCC3)ccc12. The van der Waals surface area contributed by atoms with E-state index in [1.54, 1.807) is 18.5 Å². The number of hydrogen-bond acceptors (Lipinski definition) is 5. The average Bonchev–Trinajstić information content (AvgIpc) is 3.22. The van der Waals surface area contributed by atoms with Crippen LogP contribution in [0.25, 0.3) is 32.9 Å². The van der Waals surface area contributed by atoms with Gasteiger partial charge in [0.1, 0.15) is 0 Å². The number of fused-ring (bicyclic) bond motifs is 3. The van der Waals surface area contributed by atoms with Crippen molar-refractivity contribution < 1.29 is 9.59 Å². The number of nitrogens with one attached hydrogen (secondary N) is 2. The first kappa shape index (κ1) is 19.8. The van der Waals surface area contributed by atoms with E-state index in [1.807, 2.05) is 41.3 Å². The summed E-state index contributed by atoms with van der Waals surface area (Å²) in [6, 6.07) is 13.1. The molecule has 0 atom stereocenters. The fourth-order valence-electron chi connectivity index (χ4n) is 4.18. The lowest BCUT2D eigenvalue weighted by Crippen LogP contribution is -2.46. The molecule has 2 aromatic heterocycles. The second-order valence-corrected chi connectivity index (χ2v) is 7.63. The van der Waals surface area contributed by atoms with E-state index in [4.69, 9.17) is 5.84 Å². The standard InChI is InChI=1S/C23H21N7O2/c24-29-28-22(31)19-12-16(14-3-5-25-6-4-14)11-18-17-2-1-15(13-20(17)27-21(18)19)23(32)30-9-7-26-8-10-30/h1-6,11-13,26-27H,7-10H2,(H2,24,28,31). The molecule has 2 aromatic carbocycles. The molecule has 1 aliphatic rings. The third-order valence-electron chi connectivity index (χ3n) is 5.75. The summed E-state index contributed by atoms with van der Waals surface area (Å²) in [6.07, 6.45) is 3.40. The zero-order valence-corrected chi connectivity index (χ0v) is 17.2. The quantitative estimate of drug-likeness (QED) is 0.263. The highest BCUT2D eigenvalue weighted by Gasteiger charge is 2.20. The van der Waals surface area contributed by atoms with E-state index >= 15 is 0 Å². The number of nitrogens with zero attached hydrogens (tertiary/aromatic N) is 4. The largest absolute Gasteiger partial charge is 0.354 e. The summed E-state index contributed by atoms with van der Waals surface area (Å²) in [7, 11) is 0. The molecule has 2 amide bonds. The number of carbonyl (C=O) groups is 2. The van der Waals surface area contributed by atoms with E-state index in [1.165, 1.54) is 0 Å². The Bertz CT molecular complexity index is 1360. The van der Waals surface area contributed by atoms with E-state index in [-0.39, 0.29) is 5.91 Å². The van der Waals surface area contributed by atoms with Gasteiger partial charge < -0.3 is 21.0 Å². The highest BCUT2D eigenvalue weighted by atomic mass is 16.2. The molecule has 1 aliphatic heterocycles. The average molecular weight is 427 g/mol. The summed E-state index contributed by atoms with van der Waals surface area (Å²) in [5.74, 6) is 4.59. The molecule has 160 valence electrons. The smallest absolute Gasteiger partial charge is 0.299 e.